The largest absolute Gasteiger partial charge is 0.440 e. The van der Waals surface area contributed by atoms with Gasteiger partial charge in [-0.25, -0.2) is 4.99 Å². The van der Waals surface area contributed by atoms with Gasteiger partial charge in [0.1, 0.15) is 5.76 Å². The Morgan fingerprint density at radius 1 is 1.19 bits per heavy atom. The number of nitrogens with zero attached hydrogens (tertiary/aromatic N) is 3. The number of nitrogens with one attached hydrogen (secondary N) is 1. The van der Waals surface area contributed by atoms with Crippen LogP contribution in [0.15, 0.2) is 90.6 Å². The van der Waals surface area contributed by atoms with Crippen molar-refractivity contribution in [3.63, 3.8) is 0 Å². The lowest BCUT2D eigenvalue weighted by Gasteiger charge is -2.25. The highest BCUT2D eigenvalue weighted by atomic mass is 79.9. The Morgan fingerprint density at radius 3 is 2.54 bits per heavy atom. The zero-order valence-corrected chi connectivity index (χ0v) is 23.3. The number of halogens is 2. The highest BCUT2D eigenvalue weighted by Gasteiger charge is 2.32. The van der Waals surface area contributed by atoms with E-state index in [0.717, 1.165) is 10.0 Å². The molecule has 0 bridgehead atoms. The number of allylic oxidation sites excluding steroid dienone is 1. The van der Waals surface area contributed by atoms with E-state index in [0.29, 0.717) is 43.0 Å². The molecule has 0 saturated carbocycles. The molecule has 4 aromatic rings. The number of rotatable bonds is 5. The number of hydrogen-bond donors (Lipinski definition) is 1. The van der Waals surface area contributed by atoms with Crippen molar-refractivity contribution >= 4 is 62.4 Å². The first-order valence-electron chi connectivity index (χ1n) is 11.3. The van der Waals surface area contributed by atoms with Crippen molar-refractivity contribution in [2.45, 2.75) is 13.0 Å². The zero-order valence-electron chi connectivity index (χ0n) is 20.2. The first-order chi connectivity index (χ1) is 17.7. The fraction of sp³-hybridized carbons (Fsp3) is 0.148. The summed E-state index contributed by atoms with van der Waals surface area (Å²) >= 11 is 10.9. The fourth-order valence-electron chi connectivity index (χ4n) is 4.17. The van der Waals surface area contributed by atoms with Gasteiger partial charge in [-0.05, 0) is 52.7 Å². The summed E-state index contributed by atoms with van der Waals surface area (Å²) in [4.78, 5) is 34.3. The number of para-hydroxylation sites is 1. The van der Waals surface area contributed by atoms with E-state index < -0.39 is 6.04 Å². The molecule has 0 saturated heterocycles. The maximum atomic E-state index is 13.8. The Hall–Kier alpha value is -3.40. The highest BCUT2D eigenvalue weighted by molar-refractivity contribution is 9.10. The Bertz CT molecular complexity index is 1700. The number of carbonyl (C=O) groups is 1. The lowest BCUT2D eigenvalue weighted by atomic mass is 9.95. The van der Waals surface area contributed by atoms with E-state index in [1.165, 1.54) is 11.3 Å². The predicted octanol–water partition coefficient (Wildman–Crippen LogP) is 4.95. The van der Waals surface area contributed by atoms with Crippen LogP contribution in [-0.4, -0.2) is 24.6 Å². The molecule has 3 heterocycles. The summed E-state index contributed by atoms with van der Waals surface area (Å²) in [6, 6.07) is 17.5. The zero-order chi connectivity index (χ0) is 26.3. The van der Waals surface area contributed by atoms with Crippen molar-refractivity contribution in [3.8, 4) is 0 Å². The van der Waals surface area contributed by atoms with E-state index in [1.807, 2.05) is 67.5 Å². The number of anilines is 2. The molecule has 2 aromatic heterocycles. The number of hydrogen-bond acceptors (Lipinski definition) is 6. The number of benzene rings is 2. The highest BCUT2D eigenvalue weighted by Crippen LogP contribution is 2.32. The van der Waals surface area contributed by atoms with Gasteiger partial charge in [0.15, 0.2) is 4.80 Å². The molecule has 2 aromatic carbocycles. The summed E-state index contributed by atoms with van der Waals surface area (Å²) in [5.74, 6) is 0.850. The van der Waals surface area contributed by atoms with Crippen molar-refractivity contribution in [3.05, 3.63) is 112 Å². The summed E-state index contributed by atoms with van der Waals surface area (Å²) in [6.45, 7) is 1.78. The van der Waals surface area contributed by atoms with E-state index in [1.54, 1.807) is 29.7 Å². The smallest absolute Gasteiger partial charge is 0.271 e. The van der Waals surface area contributed by atoms with Crippen LogP contribution in [0.25, 0.3) is 6.08 Å². The molecule has 1 N–H and O–H groups in total. The average Bonchev–Trinajstić information content (AvgIpc) is 3.38. The maximum absolute atomic E-state index is 13.8. The summed E-state index contributed by atoms with van der Waals surface area (Å²) in [5, 5.41) is 3.50. The molecule has 0 radical (unpaired) electrons. The second-order valence-electron chi connectivity index (χ2n) is 8.65. The summed E-state index contributed by atoms with van der Waals surface area (Å²) in [7, 11) is 3.75. The molecule has 7 nitrogen and oxygen atoms in total. The van der Waals surface area contributed by atoms with Crippen LogP contribution in [-0.2, 0) is 4.79 Å². The monoisotopic (exact) mass is 596 g/mol. The quantitative estimate of drug-likeness (QED) is 0.353. The van der Waals surface area contributed by atoms with Crippen LogP contribution in [0, 0.1) is 0 Å². The fourth-order valence-corrected chi connectivity index (χ4v) is 5.99. The molecule has 0 unspecified atom stereocenters. The SMILES string of the molecule is CC1=C(C(=O)Nc2ccccc2)[C@@H](c2ccc(Cl)cc2)n2c(s/c(=C/c3cc(Br)c(N(C)C)o3)c2=O)=N1. The third-order valence-corrected chi connectivity index (χ3v) is 7.65. The minimum absolute atomic E-state index is 0.264. The lowest BCUT2D eigenvalue weighted by Crippen LogP contribution is -2.40. The molecule has 1 atom stereocenters. The summed E-state index contributed by atoms with van der Waals surface area (Å²) in [6.07, 6.45) is 1.70. The van der Waals surface area contributed by atoms with Gasteiger partial charge in [0.25, 0.3) is 11.5 Å². The third kappa shape index (κ3) is 4.94. The molecular formula is C27H22BrClN4O3S. The molecule has 37 heavy (non-hydrogen) atoms. The second kappa shape index (κ2) is 10.2. The van der Waals surface area contributed by atoms with Gasteiger partial charge in [-0.15, -0.1) is 0 Å². The average molecular weight is 598 g/mol. The second-order valence-corrected chi connectivity index (χ2v) is 10.9. The van der Waals surface area contributed by atoms with Crippen LogP contribution in [0.3, 0.4) is 0 Å². The van der Waals surface area contributed by atoms with Crippen molar-refractivity contribution in [1.29, 1.82) is 0 Å². The first kappa shape index (κ1) is 25.3. The van der Waals surface area contributed by atoms with Gasteiger partial charge >= 0.3 is 0 Å². The van der Waals surface area contributed by atoms with Crippen LogP contribution in [0.2, 0.25) is 5.02 Å². The van der Waals surface area contributed by atoms with Gasteiger partial charge in [0.2, 0.25) is 5.88 Å². The lowest BCUT2D eigenvalue weighted by molar-refractivity contribution is -0.113. The van der Waals surface area contributed by atoms with E-state index in [-0.39, 0.29) is 11.5 Å². The molecule has 10 heteroatoms. The normalized spacial score (nSPS) is 15.4. The van der Waals surface area contributed by atoms with Crippen molar-refractivity contribution in [2.75, 3.05) is 24.3 Å². The van der Waals surface area contributed by atoms with Crippen LogP contribution < -0.4 is 25.1 Å². The van der Waals surface area contributed by atoms with Crippen LogP contribution >= 0.6 is 38.9 Å². The first-order valence-corrected chi connectivity index (χ1v) is 13.3. The number of carbonyl (C=O) groups excluding carboxylic acids is 1. The van der Waals surface area contributed by atoms with E-state index in [4.69, 9.17) is 16.0 Å². The summed E-state index contributed by atoms with van der Waals surface area (Å²) in [5.41, 5.74) is 2.07. The molecule has 188 valence electrons. The third-order valence-electron chi connectivity index (χ3n) is 5.85. The standard InChI is InChI=1S/C27H22BrClN4O3S/c1-15-22(24(34)31-18-7-5-4-6-8-18)23(16-9-11-17(29)12-10-16)33-25(35)21(37-27(33)30-15)14-19-13-20(28)26(36-19)32(2)3/h4-14,23H,1-3H3,(H,31,34)/b21-14+/t23-/m1/s1. The van der Waals surface area contributed by atoms with Gasteiger partial charge in [-0.2, -0.15) is 0 Å². The van der Waals surface area contributed by atoms with Crippen molar-refractivity contribution < 1.29 is 9.21 Å². The van der Waals surface area contributed by atoms with Crippen LogP contribution in [0.1, 0.15) is 24.3 Å². The summed E-state index contributed by atoms with van der Waals surface area (Å²) < 4.78 is 8.70. The molecular weight excluding hydrogens is 576 g/mol. The molecule has 1 aliphatic heterocycles. The van der Waals surface area contributed by atoms with E-state index in [2.05, 4.69) is 26.2 Å². The van der Waals surface area contributed by atoms with E-state index >= 15 is 0 Å². The maximum Gasteiger partial charge on any atom is 0.271 e. The van der Waals surface area contributed by atoms with Gasteiger partial charge in [-0.3, -0.25) is 14.2 Å². The Kier molecular flexibility index (Phi) is 6.94. The number of furan rings is 1. The number of fused-ring (bicyclic) bond motifs is 1. The van der Waals surface area contributed by atoms with Crippen LogP contribution in [0.4, 0.5) is 11.6 Å². The van der Waals surface area contributed by atoms with Gasteiger partial charge in [-0.1, -0.05) is 53.3 Å². The molecule has 1 aliphatic rings. The Labute approximate surface area is 230 Å². The minimum Gasteiger partial charge on any atom is -0.440 e. The van der Waals surface area contributed by atoms with E-state index in [9.17, 15) is 9.59 Å². The number of aromatic nitrogens is 1. The predicted molar refractivity (Wildman–Crippen MR) is 151 cm³/mol. The molecule has 0 spiro atoms. The molecule has 5 rings (SSSR count). The van der Waals surface area contributed by atoms with Gasteiger partial charge < -0.3 is 14.6 Å². The van der Waals surface area contributed by atoms with Crippen molar-refractivity contribution in [1.82, 2.24) is 4.57 Å². The van der Waals surface area contributed by atoms with Crippen molar-refractivity contribution in [2.24, 2.45) is 4.99 Å². The number of thiazole rings is 1. The van der Waals surface area contributed by atoms with Gasteiger partial charge in [0, 0.05) is 36.9 Å². The Balaban J connectivity index is 1.66. The molecule has 0 fully saturated rings. The Morgan fingerprint density at radius 2 is 1.89 bits per heavy atom. The molecule has 1 amide bonds. The topological polar surface area (TPSA) is 79.8 Å². The van der Waals surface area contributed by atoms with Gasteiger partial charge in [0.05, 0.1) is 26.3 Å². The number of amides is 1. The van der Waals surface area contributed by atoms with Crippen LogP contribution in [0.5, 0.6) is 0 Å². The molecule has 0 aliphatic carbocycles. The minimum atomic E-state index is -0.681.